The summed E-state index contributed by atoms with van der Waals surface area (Å²) >= 11 is 0. The molecule has 0 spiro atoms. The molecule has 130 valence electrons. The van der Waals surface area contributed by atoms with Crippen molar-refractivity contribution in [2.45, 2.75) is 45.1 Å². The second kappa shape index (κ2) is 6.75. The number of carbonyl (C=O) groups excluding carboxylic acids is 1. The van der Waals surface area contributed by atoms with Gasteiger partial charge in [-0.05, 0) is 44.2 Å². The van der Waals surface area contributed by atoms with E-state index >= 15 is 0 Å². The lowest BCUT2D eigenvalue weighted by molar-refractivity contribution is -0.135. The Morgan fingerprint density at radius 1 is 1.36 bits per heavy atom. The number of rotatable bonds is 4. The molecule has 1 fully saturated rings. The molecule has 1 saturated heterocycles. The van der Waals surface area contributed by atoms with E-state index in [2.05, 4.69) is 22.3 Å². The van der Waals surface area contributed by atoms with Crippen LogP contribution >= 0.6 is 0 Å². The third-order valence-electron chi connectivity index (χ3n) is 5.09. The maximum absolute atomic E-state index is 12.9. The van der Waals surface area contributed by atoms with Crippen LogP contribution in [0, 0.1) is 6.92 Å². The summed E-state index contributed by atoms with van der Waals surface area (Å²) in [4.78, 5) is 18.2. The van der Waals surface area contributed by atoms with Crippen molar-refractivity contribution in [1.29, 1.82) is 0 Å². The van der Waals surface area contributed by atoms with Gasteiger partial charge in [0.1, 0.15) is 11.5 Å². The summed E-state index contributed by atoms with van der Waals surface area (Å²) in [7, 11) is 0. The first-order chi connectivity index (χ1) is 12.2. The van der Waals surface area contributed by atoms with Gasteiger partial charge in [0.15, 0.2) is 0 Å². The quantitative estimate of drug-likeness (QED) is 0.778. The van der Waals surface area contributed by atoms with E-state index < -0.39 is 0 Å². The fourth-order valence-corrected chi connectivity index (χ4v) is 3.80. The Bertz CT molecular complexity index is 880. The minimum atomic E-state index is 0.0571. The SMILES string of the molecule is Cc1cc([C@@H]2CCCCN2C(=O)CCc2c[nH]c3ccccc23)no1. The lowest BCUT2D eigenvalue weighted by Crippen LogP contribution is -2.38. The van der Waals surface area contributed by atoms with Crippen molar-refractivity contribution in [1.82, 2.24) is 15.0 Å². The molecule has 2 aromatic heterocycles. The summed E-state index contributed by atoms with van der Waals surface area (Å²) in [5.74, 6) is 1.00. The molecule has 0 bridgehead atoms. The predicted octanol–water partition coefficient (Wildman–Crippen LogP) is 4.15. The average molecular weight is 337 g/mol. The van der Waals surface area contributed by atoms with Crippen LogP contribution in [0.3, 0.4) is 0 Å². The fourth-order valence-electron chi connectivity index (χ4n) is 3.80. The summed E-state index contributed by atoms with van der Waals surface area (Å²) in [6.45, 7) is 2.70. The summed E-state index contributed by atoms with van der Waals surface area (Å²) in [5.41, 5.74) is 3.21. The van der Waals surface area contributed by atoms with Crippen molar-refractivity contribution < 1.29 is 9.32 Å². The van der Waals surface area contributed by atoms with Crippen LogP contribution in [0.25, 0.3) is 10.9 Å². The zero-order valence-corrected chi connectivity index (χ0v) is 14.5. The molecule has 1 aliphatic heterocycles. The first-order valence-corrected chi connectivity index (χ1v) is 9.00. The Balaban J connectivity index is 1.47. The van der Waals surface area contributed by atoms with Crippen LogP contribution in [-0.4, -0.2) is 27.5 Å². The van der Waals surface area contributed by atoms with E-state index in [-0.39, 0.29) is 11.9 Å². The van der Waals surface area contributed by atoms with Crippen LogP contribution in [-0.2, 0) is 11.2 Å². The number of benzene rings is 1. The van der Waals surface area contributed by atoms with E-state index in [1.54, 1.807) is 0 Å². The third kappa shape index (κ3) is 3.18. The molecule has 0 radical (unpaired) electrons. The Labute approximate surface area is 147 Å². The van der Waals surface area contributed by atoms with Crippen LogP contribution in [0.5, 0.6) is 0 Å². The first-order valence-electron chi connectivity index (χ1n) is 9.00. The number of fused-ring (bicyclic) bond motifs is 1. The molecule has 3 heterocycles. The summed E-state index contributed by atoms with van der Waals surface area (Å²) in [5, 5.41) is 5.36. The second-order valence-electron chi connectivity index (χ2n) is 6.82. The van der Waals surface area contributed by atoms with Gasteiger partial charge in [-0.25, -0.2) is 0 Å². The number of nitrogens with zero attached hydrogens (tertiary/aromatic N) is 2. The van der Waals surface area contributed by atoms with Crippen LogP contribution in [0.15, 0.2) is 41.1 Å². The summed E-state index contributed by atoms with van der Waals surface area (Å²) < 4.78 is 5.22. The molecule has 3 aromatic rings. The number of hydrogen-bond donors (Lipinski definition) is 1. The Hall–Kier alpha value is -2.56. The predicted molar refractivity (Wildman–Crippen MR) is 96.2 cm³/mol. The molecule has 4 rings (SSSR count). The summed E-state index contributed by atoms with van der Waals surface area (Å²) in [6.07, 6.45) is 6.45. The molecule has 0 saturated carbocycles. The number of nitrogens with one attached hydrogen (secondary N) is 1. The number of aryl methyl sites for hydroxylation is 2. The molecular formula is C20H23N3O2. The molecule has 1 atom stereocenters. The van der Waals surface area contributed by atoms with Gasteiger partial charge in [0, 0.05) is 36.1 Å². The highest BCUT2D eigenvalue weighted by molar-refractivity contribution is 5.84. The minimum Gasteiger partial charge on any atom is -0.361 e. The number of para-hydroxylation sites is 1. The Kier molecular flexibility index (Phi) is 4.30. The van der Waals surface area contributed by atoms with E-state index in [0.717, 1.165) is 49.2 Å². The highest BCUT2D eigenvalue weighted by atomic mass is 16.5. The average Bonchev–Trinajstić information content (AvgIpc) is 3.26. The highest BCUT2D eigenvalue weighted by Crippen LogP contribution is 2.31. The maximum Gasteiger partial charge on any atom is 0.223 e. The van der Waals surface area contributed by atoms with Gasteiger partial charge in [-0.2, -0.15) is 0 Å². The van der Waals surface area contributed by atoms with Crippen LogP contribution < -0.4 is 0 Å². The molecule has 5 nitrogen and oxygen atoms in total. The fraction of sp³-hybridized carbons (Fsp3) is 0.400. The summed E-state index contributed by atoms with van der Waals surface area (Å²) in [6, 6.07) is 10.2. The topological polar surface area (TPSA) is 62.1 Å². The second-order valence-corrected chi connectivity index (χ2v) is 6.82. The number of likely N-dealkylation sites (tertiary alicyclic amines) is 1. The molecule has 5 heteroatoms. The number of hydrogen-bond acceptors (Lipinski definition) is 3. The van der Waals surface area contributed by atoms with E-state index in [4.69, 9.17) is 4.52 Å². The standard InChI is InChI=1S/C20H23N3O2/c1-14-12-18(22-25-14)19-8-4-5-11-23(19)20(24)10-9-15-13-21-17-7-3-2-6-16(15)17/h2-3,6-7,12-13,19,21H,4-5,8-11H2,1H3/t19-/m0/s1. The van der Waals surface area contributed by atoms with Gasteiger partial charge in [-0.15, -0.1) is 0 Å². The smallest absolute Gasteiger partial charge is 0.223 e. The van der Waals surface area contributed by atoms with Gasteiger partial charge in [0.2, 0.25) is 5.91 Å². The van der Waals surface area contributed by atoms with E-state index in [0.29, 0.717) is 6.42 Å². The molecule has 1 aliphatic rings. The molecule has 0 unspecified atom stereocenters. The largest absolute Gasteiger partial charge is 0.361 e. The normalized spacial score (nSPS) is 18.0. The van der Waals surface area contributed by atoms with Gasteiger partial charge in [-0.1, -0.05) is 23.4 Å². The van der Waals surface area contributed by atoms with E-state index in [1.165, 1.54) is 10.9 Å². The monoisotopic (exact) mass is 337 g/mol. The molecule has 25 heavy (non-hydrogen) atoms. The zero-order chi connectivity index (χ0) is 17.2. The van der Waals surface area contributed by atoms with Crippen molar-refractivity contribution in [3.05, 3.63) is 53.5 Å². The van der Waals surface area contributed by atoms with E-state index in [1.807, 2.05) is 36.2 Å². The first kappa shape index (κ1) is 15.9. The van der Waals surface area contributed by atoms with Crippen LogP contribution in [0.4, 0.5) is 0 Å². The van der Waals surface area contributed by atoms with Crippen LogP contribution in [0.2, 0.25) is 0 Å². The van der Waals surface area contributed by atoms with Gasteiger partial charge in [0.05, 0.1) is 6.04 Å². The third-order valence-corrected chi connectivity index (χ3v) is 5.09. The maximum atomic E-state index is 12.9. The number of carbonyl (C=O) groups is 1. The van der Waals surface area contributed by atoms with Gasteiger partial charge < -0.3 is 14.4 Å². The van der Waals surface area contributed by atoms with Crippen LogP contribution in [0.1, 0.15) is 48.7 Å². The highest BCUT2D eigenvalue weighted by Gasteiger charge is 2.29. The van der Waals surface area contributed by atoms with Crippen molar-refractivity contribution in [3.8, 4) is 0 Å². The molecule has 0 aliphatic carbocycles. The van der Waals surface area contributed by atoms with Gasteiger partial charge >= 0.3 is 0 Å². The number of aromatic amines is 1. The van der Waals surface area contributed by atoms with Crippen molar-refractivity contribution >= 4 is 16.8 Å². The number of amides is 1. The molecule has 1 N–H and O–H groups in total. The van der Waals surface area contributed by atoms with Crippen molar-refractivity contribution in [2.75, 3.05) is 6.54 Å². The minimum absolute atomic E-state index is 0.0571. The van der Waals surface area contributed by atoms with Gasteiger partial charge in [0.25, 0.3) is 0 Å². The zero-order valence-electron chi connectivity index (χ0n) is 14.5. The lowest BCUT2D eigenvalue weighted by atomic mass is 9.98. The number of piperidine rings is 1. The van der Waals surface area contributed by atoms with Gasteiger partial charge in [-0.3, -0.25) is 4.79 Å². The Morgan fingerprint density at radius 2 is 2.24 bits per heavy atom. The number of aromatic nitrogens is 2. The van der Waals surface area contributed by atoms with E-state index in [9.17, 15) is 4.79 Å². The number of H-pyrrole nitrogens is 1. The molecule has 1 amide bonds. The Morgan fingerprint density at radius 3 is 3.08 bits per heavy atom. The molecule has 1 aromatic carbocycles. The van der Waals surface area contributed by atoms with Crippen molar-refractivity contribution in [2.24, 2.45) is 0 Å². The lowest BCUT2D eigenvalue weighted by Gasteiger charge is -2.34. The molecular weight excluding hydrogens is 314 g/mol. The van der Waals surface area contributed by atoms with Crippen molar-refractivity contribution in [3.63, 3.8) is 0 Å².